The molecule has 8 rings (SSSR count). The van der Waals surface area contributed by atoms with E-state index in [9.17, 15) is 9.59 Å². The summed E-state index contributed by atoms with van der Waals surface area (Å²) in [5, 5.41) is 4.93. The van der Waals surface area contributed by atoms with Gasteiger partial charge in [-0.15, -0.1) is 0 Å². The summed E-state index contributed by atoms with van der Waals surface area (Å²) in [6.45, 7) is 26.4. The number of rotatable bonds is 10. The molecule has 0 bridgehead atoms. The molecule has 2 amide bonds. The number of ether oxygens (including phenoxy) is 2. The summed E-state index contributed by atoms with van der Waals surface area (Å²) in [6.07, 6.45) is 3.80. The summed E-state index contributed by atoms with van der Waals surface area (Å²) in [6, 6.07) is 43.5. The third kappa shape index (κ3) is 10.1. The Morgan fingerprint density at radius 2 is 0.719 bits per heavy atom. The molecule has 0 unspecified atom stereocenters. The first-order valence-corrected chi connectivity index (χ1v) is 27.4. The number of carbonyl (C=O) groups is 2. The zero-order valence-electron chi connectivity index (χ0n) is 40.6. The first-order chi connectivity index (χ1) is 30.1. The summed E-state index contributed by atoms with van der Waals surface area (Å²) in [5.41, 5.74) is -0.985. The van der Waals surface area contributed by atoms with E-state index >= 15 is 0 Å². The quantitative estimate of drug-likeness (QED) is 0.148. The number of fused-ring (bicyclic) bond motifs is 2. The molecule has 4 aromatic rings. The Kier molecular flexibility index (Phi) is 13.6. The standard InChI is InChI=1S/2C27H37NO3Si/c2*1-26(2,3)31-25(29)28-21(17-20-18-24(20)28)19-30-32(27(4,5)6,22-13-9-7-10-14-22)23-15-11-8-12-16-23/h2*7-16,20-21,24H,17-19H2,1-6H3/t20-,21+,24+;20-,21-,24+/m10/s1. The van der Waals surface area contributed by atoms with Crippen molar-refractivity contribution in [3.8, 4) is 0 Å². The number of carbonyl (C=O) groups excluding carboxylic acids is 2. The minimum Gasteiger partial charge on any atom is -0.444 e. The fraction of sp³-hybridized carbons (Fsp3) is 0.519. The van der Waals surface area contributed by atoms with Crippen LogP contribution in [-0.4, -0.2) is 87.2 Å². The number of hydrogen-bond acceptors (Lipinski definition) is 6. The summed E-state index contributed by atoms with van der Waals surface area (Å²) < 4.78 is 25.8. The summed E-state index contributed by atoms with van der Waals surface area (Å²) in [5.74, 6) is 1.19. The average molecular weight is 903 g/mol. The molecule has 2 heterocycles. The van der Waals surface area contributed by atoms with Gasteiger partial charge in [0.05, 0.1) is 25.3 Å². The van der Waals surface area contributed by atoms with Crippen LogP contribution in [0.2, 0.25) is 10.1 Å². The third-order valence-corrected chi connectivity index (χ3v) is 23.5. The van der Waals surface area contributed by atoms with Gasteiger partial charge in [0, 0.05) is 12.1 Å². The largest absolute Gasteiger partial charge is 0.444 e. The maximum atomic E-state index is 13.0. The van der Waals surface area contributed by atoms with Gasteiger partial charge in [0.2, 0.25) is 0 Å². The number of nitrogens with zero attached hydrogens (tertiary/aromatic N) is 2. The molecule has 0 radical (unpaired) electrons. The van der Waals surface area contributed by atoms with Crippen LogP contribution in [0.4, 0.5) is 9.59 Å². The SMILES string of the molecule is CC(C)(C)OC(=O)N1[C@H](CO[Si](c2ccccc2)(c2ccccc2)C(C)(C)C)C[C@@H]2C[C@@H]21.CC(C)(C)OC(=O)N1[C@H](CO[Si](c2ccccc2)(c2ccccc2)C(C)(C)C)C[C@H]2C[C@H]21. The second-order valence-electron chi connectivity index (χ2n) is 22.6. The summed E-state index contributed by atoms with van der Waals surface area (Å²) in [7, 11) is -5.23. The van der Waals surface area contributed by atoms with Crippen LogP contribution < -0.4 is 20.7 Å². The van der Waals surface area contributed by atoms with Crippen molar-refractivity contribution in [2.24, 2.45) is 11.8 Å². The maximum Gasteiger partial charge on any atom is 0.410 e. The maximum absolute atomic E-state index is 13.0. The van der Waals surface area contributed by atoms with Crippen LogP contribution in [0, 0.1) is 11.8 Å². The highest BCUT2D eigenvalue weighted by Gasteiger charge is 2.58. The van der Waals surface area contributed by atoms with Gasteiger partial charge in [-0.05, 0) is 110 Å². The van der Waals surface area contributed by atoms with E-state index in [0.717, 1.165) is 25.7 Å². The lowest BCUT2D eigenvalue weighted by Gasteiger charge is -2.44. The Morgan fingerprint density at radius 1 is 0.453 bits per heavy atom. The van der Waals surface area contributed by atoms with Crippen molar-refractivity contribution in [1.29, 1.82) is 0 Å². The van der Waals surface area contributed by atoms with Crippen LogP contribution >= 0.6 is 0 Å². The first-order valence-electron chi connectivity index (χ1n) is 23.6. The van der Waals surface area contributed by atoms with Gasteiger partial charge in [-0.2, -0.15) is 0 Å². The highest BCUT2D eigenvalue weighted by molar-refractivity contribution is 7.00. The Balaban J connectivity index is 0.000000191. The van der Waals surface area contributed by atoms with E-state index in [0.29, 0.717) is 37.1 Å². The molecule has 4 fully saturated rings. The van der Waals surface area contributed by atoms with Crippen molar-refractivity contribution < 1.29 is 27.9 Å². The normalized spacial score (nSPS) is 23.1. The second kappa shape index (κ2) is 18.2. The van der Waals surface area contributed by atoms with Crippen molar-refractivity contribution in [2.75, 3.05) is 13.2 Å². The highest BCUT2D eigenvalue weighted by Crippen LogP contribution is 2.50. The average Bonchev–Trinajstić information content (AvgIpc) is 4.10. The summed E-state index contributed by atoms with van der Waals surface area (Å²) >= 11 is 0. The van der Waals surface area contributed by atoms with Crippen LogP contribution in [0.3, 0.4) is 0 Å². The Labute approximate surface area is 386 Å². The van der Waals surface area contributed by atoms with Crippen molar-refractivity contribution in [3.05, 3.63) is 121 Å². The number of hydrogen-bond donors (Lipinski definition) is 0. The van der Waals surface area contributed by atoms with Gasteiger partial charge in [-0.1, -0.05) is 163 Å². The molecule has 4 aliphatic rings. The van der Waals surface area contributed by atoms with Gasteiger partial charge in [0.1, 0.15) is 11.2 Å². The lowest BCUT2D eigenvalue weighted by Crippen LogP contribution is -2.67. The van der Waals surface area contributed by atoms with Crippen molar-refractivity contribution in [1.82, 2.24) is 9.80 Å². The van der Waals surface area contributed by atoms with E-state index in [1.807, 2.05) is 51.3 Å². The lowest BCUT2D eigenvalue weighted by atomic mass is 10.2. The van der Waals surface area contributed by atoms with E-state index in [-0.39, 0.29) is 34.3 Å². The molecule has 0 spiro atoms. The Bertz CT molecular complexity index is 1940. The Morgan fingerprint density at radius 3 is 0.953 bits per heavy atom. The molecule has 6 atom stereocenters. The van der Waals surface area contributed by atoms with E-state index in [1.165, 1.54) is 20.7 Å². The number of amides is 2. The van der Waals surface area contributed by atoms with Crippen molar-refractivity contribution in [2.45, 2.75) is 154 Å². The molecule has 64 heavy (non-hydrogen) atoms. The van der Waals surface area contributed by atoms with Crippen LogP contribution in [0.15, 0.2) is 121 Å². The van der Waals surface area contributed by atoms with Crippen LogP contribution in [0.1, 0.15) is 109 Å². The van der Waals surface area contributed by atoms with Gasteiger partial charge in [-0.25, -0.2) is 9.59 Å². The number of benzene rings is 4. The van der Waals surface area contributed by atoms with Gasteiger partial charge in [0.15, 0.2) is 0 Å². The molecule has 10 heteroatoms. The smallest absolute Gasteiger partial charge is 0.410 e. The van der Waals surface area contributed by atoms with E-state index < -0.39 is 27.8 Å². The molecule has 2 aliphatic heterocycles. The van der Waals surface area contributed by atoms with E-state index in [1.54, 1.807) is 0 Å². The number of likely N-dealkylation sites (tertiary alicyclic amines) is 2. The van der Waals surface area contributed by atoms with Gasteiger partial charge in [-0.3, -0.25) is 9.80 Å². The fourth-order valence-corrected chi connectivity index (χ4v) is 19.8. The molecule has 2 saturated heterocycles. The molecular formula is C54H74N2O6Si2. The molecule has 8 nitrogen and oxygen atoms in total. The van der Waals surface area contributed by atoms with Crippen LogP contribution in [-0.2, 0) is 18.3 Å². The van der Waals surface area contributed by atoms with Crippen LogP contribution in [0.25, 0.3) is 0 Å². The minimum absolute atomic E-state index is 0.0650. The molecule has 2 aliphatic carbocycles. The zero-order chi connectivity index (χ0) is 46.3. The zero-order valence-corrected chi connectivity index (χ0v) is 42.6. The topological polar surface area (TPSA) is 77.5 Å². The monoisotopic (exact) mass is 903 g/mol. The molecule has 2 saturated carbocycles. The van der Waals surface area contributed by atoms with Gasteiger partial charge < -0.3 is 18.3 Å². The molecule has 0 N–H and O–H groups in total. The molecule has 0 aromatic heterocycles. The van der Waals surface area contributed by atoms with Crippen molar-refractivity contribution >= 4 is 49.6 Å². The molecular weight excluding hydrogens is 829 g/mol. The molecule has 4 aromatic carbocycles. The van der Waals surface area contributed by atoms with Gasteiger partial charge in [0.25, 0.3) is 16.6 Å². The van der Waals surface area contributed by atoms with E-state index in [2.05, 4.69) is 163 Å². The number of piperidine rings is 2. The van der Waals surface area contributed by atoms with E-state index in [4.69, 9.17) is 18.3 Å². The van der Waals surface area contributed by atoms with Crippen molar-refractivity contribution in [3.63, 3.8) is 0 Å². The fourth-order valence-electron chi connectivity index (χ4n) is 10.6. The predicted octanol–water partition coefficient (Wildman–Crippen LogP) is 9.92. The second-order valence-corrected chi connectivity index (χ2v) is 31.2. The molecule has 344 valence electrons. The van der Waals surface area contributed by atoms with Gasteiger partial charge >= 0.3 is 12.2 Å². The predicted molar refractivity (Wildman–Crippen MR) is 264 cm³/mol. The minimum atomic E-state index is -2.61. The summed E-state index contributed by atoms with van der Waals surface area (Å²) in [4.78, 5) is 30.0. The van der Waals surface area contributed by atoms with Crippen LogP contribution in [0.5, 0.6) is 0 Å². The lowest BCUT2D eigenvalue weighted by molar-refractivity contribution is 0.0125. The highest BCUT2D eigenvalue weighted by atomic mass is 28.4. The first kappa shape index (κ1) is 47.7. The third-order valence-electron chi connectivity index (χ3n) is 13.4. The Hall–Kier alpha value is -4.23.